The number of rotatable bonds is 7. The molecular formula is C29H28Cl2F3N3O3S2. The molecule has 2 aromatic heterocycles. The van der Waals surface area contributed by atoms with Gasteiger partial charge in [0.1, 0.15) is 10.6 Å². The molecule has 224 valence electrons. The summed E-state index contributed by atoms with van der Waals surface area (Å²) in [6.07, 6.45) is -1.35. The fourth-order valence-electron chi connectivity index (χ4n) is 4.41. The molecule has 0 saturated carbocycles. The molecule has 1 aliphatic carbocycles. The van der Waals surface area contributed by atoms with Gasteiger partial charge in [-0.15, -0.1) is 11.3 Å². The van der Waals surface area contributed by atoms with Crippen molar-refractivity contribution in [1.29, 1.82) is 0 Å². The molecule has 2 aromatic carbocycles. The smallest absolute Gasteiger partial charge is 0.417 e. The van der Waals surface area contributed by atoms with Crippen molar-refractivity contribution in [1.82, 2.24) is 14.5 Å². The number of hydrogen-bond acceptors (Lipinski definition) is 6. The molecule has 0 aliphatic heterocycles. The SMILES string of the molecule is CC1CCc2c(sc3nc(SCCOc4ccccc4Cl)n(-c4ccc(Cl)c(C(F)(F)F)c4)c(=O)c23)C1.CN(C)C=O. The van der Waals surface area contributed by atoms with Gasteiger partial charge in [0.25, 0.3) is 5.56 Å². The topological polar surface area (TPSA) is 64.4 Å². The number of thioether (sulfide) groups is 1. The van der Waals surface area contributed by atoms with Gasteiger partial charge in [0.05, 0.1) is 33.3 Å². The van der Waals surface area contributed by atoms with Gasteiger partial charge >= 0.3 is 6.18 Å². The van der Waals surface area contributed by atoms with E-state index >= 15 is 0 Å². The first-order valence-electron chi connectivity index (χ1n) is 13.0. The lowest BCUT2D eigenvalue weighted by molar-refractivity contribution is -0.137. The van der Waals surface area contributed by atoms with E-state index in [2.05, 4.69) is 6.92 Å². The van der Waals surface area contributed by atoms with Gasteiger partial charge in [0, 0.05) is 24.7 Å². The number of alkyl halides is 3. The molecular weight excluding hydrogens is 630 g/mol. The van der Waals surface area contributed by atoms with Crippen molar-refractivity contribution in [2.45, 2.75) is 37.5 Å². The van der Waals surface area contributed by atoms with Crippen LogP contribution in [-0.4, -0.2) is 47.3 Å². The van der Waals surface area contributed by atoms with Crippen LogP contribution >= 0.6 is 46.3 Å². The molecule has 0 radical (unpaired) electrons. The van der Waals surface area contributed by atoms with E-state index in [4.69, 9.17) is 32.9 Å². The Bertz CT molecular complexity index is 1640. The summed E-state index contributed by atoms with van der Waals surface area (Å²) >= 11 is 14.7. The molecule has 1 aliphatic rings. The number of fused-ring (bicyclic) bond motifs is 3. The minimum atomic E-state index is -4.66. The van der Waals surface area contributed by atoms with Crippen LogP contribution in [-0.2, 0) is 23.8 Å². The molecule has 0 bridgehead atoms. The van der Waals surface area contributed by atoms with Crippen LogP contribution in [0, 0.1) is 5.92 Å². The Hall–Kier alpha value is -2.73. The van der Waals surface area contributed by atoms with Gasteiger partial charge in [-0.3, -0.25) is 14.2 Å². The molecule has 0 saturated heterocycles. The third-order valence-electron chi connectivity index (χ3n) is 6.43. The van der Waals surface area contributed by atoms with Gasteiger partial charge in [-0.05, 0) is 61.1 Å². The van der Waals surface area contributed by atoms with Crippen molar-refractivity contribution in [2.24, 2.45) is 5.92 Å². The van der Waals surface area contributed by atoms with Crippen LogP contribution in [0.5, 0.6) is 5.75 Å². The standard InChI is InChI=1S/C26H21Cl2F3N2O2S2.C3H7NO/c1-14-6-8-16-21(12-14)37-23-22(16)24(34)33(15-7-9-18(27)17(13-15)26(29,30)31)25(32-23)36-11-10-35-20-5-3-2-4-19(20)28;1-4(2)3-5/h2-5,7,9,13-14H,6,8,10-12H2,1H3;3H,1-2H3. The molecule has 1 amide bonds. The first-order chi connectivity index (χ1) is 19.9. The lowest BCUT2D eigenvalue weighted by Gasteiger charge is -2.18. The van der Waals surface area contributed by atoms with E-state index in [1.807, 2.05) is 0 Å². The van der Waals surface area contributed by atoms with E-state index in [0.717, 1.165) is 48.2 Å². The van der Waals surface area contributed by atoms with Crippen LogP contribution in [0.15, 0.2) is 52.4 Å². The number of aryl methyl sites for hydroxylation is 1. The van der Waals surface area contributed by atoms with Crippen molar-refractivity contribution < 1.29 is 22.7 Å². The normalized spacial score (nSPS) is 14.6. The summed E-state index contributed by atoms with van der Waals surface area (Å²) in [5, 5.41) is 0.834. The maximum atomic E-state index is 13.9. The average molecular weight is 659 g/mol. The first-order valence-corrected chi connectivity index (χ1v) is 15.5. The summed E-state index contributed by atoms with van der Waals surface area (Å²) in [6, 6.07) is 10.5. The maximum absolute atomic E-state index is 13.9. The van der Waals surface area contributed by atoms with Crippen LogP contribution in [0.2, 0.25) is 10.0 Å². The Kier molecular flexibility index (Phi) is 10.5. The number of halogens is 5. The maximum Gasteiger partial charge on any atom is 0.417 e. The first kappa shape index (κ1) is 32.2. The van der Waals surface area contributed by atoms with Crippen LogP contribution in [0.1, 0.15) is 29.3 Å². The predicted octanol–water partition coefficient (Wildman–Crippen LogP) is 7.77. The third kappa shape index (κ3) is 7.42. The Labute approximate surface area is 259 Å². The molecule has 13 heteroatoms. The van der Waals surface area contributed by atoms with Crippen molar-refractivity contribution in [3.8, 4) is 11.4 Å². The summed E-state index contributed by atoms with van der Waals surface area (Å²) in [6.45, 7) is 2.43. The molecule has 1 atom stereocenters. The van der Waals surface area contributed by atoms with Crippen molar-refractivity contribution in [2.75, 3.05) is 26.5 Å². The van der Waals surface area contributed by atoms with Crippen LogP contribution < -0.4 is 10.3 Å². The average Bonchev–Trinajstić information content (AvgIpc) is 3.30. The molecule has 1 unspecified atom stereocenters. The molecule has 0 N–H and O–H groups in total. The number of carbonyl (C=O) groups excluding carboxylic acids is 1. The van der Waals surface area contributed by atoms with Crippen molar-refractivity contribution in [3.63, 3.8) is 0 Å². The monoisotopic (exact) mass is 657 g/mol. The number of para-hydroxylation sites is 1. The fraction of sp³-hybridized carbons (Fsp3) is 0.345. The van der Waals surface area contributed by atoms with E-state index in [9.17, 15) is 22.8 Å². The minimum absolute atomic E-state index is 0.0646. The fourth-order valence-corrected chi connectivity index (χ4v) is 7.08. The summed E-state index contributed by atoms with van der Waals surface area (Å²) in [5.41, 5.74) is -0.345. The number of hydrogen-bond donors (Lipinski definition) is 0. The van der Waals surface area contributed by atoms with E-state index in [0.29, 0.717) is 37.8 Å². The highest BCUT2D eigenvalue weighted by molar-refractivity contribution is 7.99. The zero-order chi connectivity index (χ0) is 30.6. The quantitative estimate of drug-likeness (QED) is 0.0879. The second kappa shape index (κ2) is 13.7. The number of amides is 1. The molecule has 2 heterocycles. The molecule has 0 spiro atoms. The molecule has 0 fully saturated rings. The number of ether oxygens (including phenoxy) is 1. The Morgan fingerprint density at radius 3 is 2.57 bits per heavy atom. The van der Waals surface area contributed by atoms with Gasteiger partial charge in [-0.2, -0.15) is 13.2 Å². The number of nitrogens with zero attached hydrogens (tertiary/aromatic N) is 3. The summed E-state index contributed by atoms with van der Waals surface area (Å²) in [7, 11) is 3.38. The Balaban J connectivity index is 0.000000748. The third-order valence-corrected chi connectivity index (χ3v) is 9.12. The summed E-state index contributed by atoms with van der Waals surface area (Å²) in [4.78, 5) is 31.2. The van der Waals surface area contributed by atoms with Crippen molar-refractivity contribution in [3.05, 3.63) is 78.9 Å². The highest BCUT2D eigenvalue weighted by Gasteiger charge is 2.34. The van der Waals surface area contributed by atoms with Crippen molar-refractivity contribution >= 4 is 62.9 Å². The van der Waals surface area contributed by atoms with E-state index in [1.54, 1.807) is 38.4 Å². The number of benzene rings is 2. The Morgan fingerprint density at radius 2 is 1.90 bits per heavy atom. The van der Waals surface area contributed by atoms with E-state index < -0.39 is 16.8 Å². The highest BCUT2D eigenvalue weighted by Crippen LogP contribution is 2.39. The zero-order valence-corrected chi connectivity index (χ0v) is 26.1. The number of thiophene rings is 1. The largest absolute Gasteiger partial charge is 0.491 e. The second-order valence-corrected chi connectivity index (χ2v) is 12.9. The predicted molar refractivity (Wildman–Crippen MR) is 164 cm³/mol. The zero-order valence-electron chi connectivity index (χ0n) is 23.0. The number of carbonyl (C=O) groups is 1. The van der Waals surface area contributed by atoms with E-state index in [1.165, 1.54) is 38.6 Å². The number of aromatic nitrogens is 2. The summed E-state index contributed by atoms with van der Waals surface area (Å²) < 4.78 is 47.9. The minimum Gasteiger partial charge on any atom is -0.491 e. The molecule has 6 nitrogen and oxygen atoms in total. The summed E-state index contributed by atoms with van der Waals surface area (Å²) in [5.74, 6) is 1.42. The van der Waals surface area contributed by atoms with Gasteiger partial charge < -0.3 is 9.64 Å². The van der Waals surface area contributed by atoms with Gasteiger partial charge in [-0.1, -0.05) is 54.0 Å². The molecule has 4 aromatic rings. The van der Waals surface area contributed by atoms with Crippen LogP contribution in [0.4, 0.5) is 13.2 Å². The lowest BCUT2D eigenvalue weighted by Crippen LogP contribution is -2.23. The lowest BCUT2D eigenvalue weighted by atomic mass is 9.89. The van der Waals surface area contributed by atoms with E-state index in [-0.39, 0.29) is 17.9 Å². The molecule has 5 rings (SSSR count). The van der Waals surface area contributed by atoms with Gasteiger partial charge in [0.15, 0.2) is 5.16 Å². The van der Waals surface area contributed by atoms with Crippen LogP contribution in [0.25, 0.3) is 15.9 Å². The van der Waals surface area contributed by atoms with Gasteiger partial charge in [0.2, 0.25) is 6.41 Å². The van der Waals surface area contributed by atoms with Crippen LogP contribution in [0.3, 0.4) is 0 Å². The Morgan fingerprint density at radius 1 is 1.19 bits per heavy atom. The second-order valence-electron chi connectivity index (χ2n) is 9.93. The highest BCUT2D eigenvalue weighted by atomic mass is 35.5. The molecule has 42 heavy (non-hydrogen) atoms. The van der Waals surface area contributed by atoms with Gasteiger partial charge in [-0.25, -0.2) is 4.98 Å².